The second-order valence-corrected chi connectivity index (χ2v) is 7.24. The Morgan fingerprint density at radius 1 is 1.36 bits per heavy atom. The zero-order valence-electron chi connectivity index (χ0n) is 12.4. The lowest BCUT2D eigenvalue weighted by atomic mass is 10.2. The zero-order valence-corrected chi connectivity index (χ0v) is 14.0. The summed E-state index contributed by atoms with van der Waals surface area (Å²) in [7, 11) is -1.04. The number of halogens is 1. The summed E-state index contributed by atoms with van der Waals surface area (Å²) in [6.45, 7) is 0.548. The van der Waals surface area contributed by atoms with Crippen LogP contribution in [0.15, 0.2) is 23.1 Å². The molecular weight excluding hydrogens is 330 g/mol. The van der Waals surface area contributed by atoms with Crippen LogP contribution in [0.5, 0.6) is 0 Å². The number of hydrogen-bond donors (Lipinski definition) is 0. The molecule has 0 aromatic heterocycles. The number of rotatable bonds is 7. The van der Waals surface area contributed by atoms with Crippen molar-refractivity contribution in [1.82, 2.24) is 4.31 Å². The van der Waals surface area contributed by atoms with Crippen molar-refractivity contribution in [3.8, 4) is 0 Å². The molecule has 0 amide bonds. The van der Waals surface area contributed by atoms with Gasteiger partial charge in [0.2, 0.25) is 10.0 Å². The highest BCUT2D eigenvalue weighted by molar-refractivity contribution is 7.89. The van der Waals surface area contributed by atoms with Crippen LogP contribution in [0.4, 0.5) is 0 Å². The van der Waals surface area contributed by atoms with Crippen LogP contribution in [-0.4, -0.2) is 52.1 Å². The summed E-state index contributed by atoms with van der Waals surface area (Å²) >= 11 is 6.04. The number of esters is 1. The molecule has 1 fully saturated rings. The Kier molecular flexibility index (Phi) is 5.44. The van der Waals surface area contributed by atoms with Gasteiger partial charge in [-0.2, -0.15) is 4.31 Å². The number of carbonyl (C=O) groups excluding carboxylic acids is 1. The van der Waals surface area contributed by atoms with Gasteiger partial charge in [-0.15, -0.1) is 0 Å². The van der Waals surface area contributed by atoms with Crippen molar-refractivity contribution in [3.05, 3.63) is 28.8 Å². The highest BCUT2D eigenvalue weighted by Gasteiger charge is 2.38. The average molecular weight is 348 g/mol. The van der Waals surface area contributed by atoms with Gasteiger partial charge in [-0.25, -0.2) is 13.2 Å². The summed E-state index contributed by atoms with van der Waals surface area (Å²) in [5, 5.41) is 0.0794. The number of methoxy groups -OCH3 is 2. The molecule has 0 N–H and O–H groups in total. The quantitative estimate of drug-likeness (QED) is 0.705. The minimum absolute atomic E-state index is 0.0296. The summed E-state index contributed by atoms with van der Waals surface area (Å²) in [6.07, 6.45) is 1.63. The predicted molar refractivity (Wildman–Crippen MR) is 81.6 cm³/mol. The van der Waals surface area contributed by atoms with E-state index in [1.54, 1.807) is 0 Å². The first-order chi connectivity index (χ1) is 10.4. The normalized spacial score (nSPS) is 15.1. The summed E-state index contributed by atoms with van der Waals surface area (Å²) in [4.78, 5) is 11.5. The molecule has 2 rings (SSSR count). The molecule has 0 saturated heterocycles. The Morgan fingerprint density at radius 3 is 2.59 bits per heavy atom. The van der Waals surface area contributed by atoms with Crippen LogP contribution in [0.2, 0.25) is 5.02 Å². The van der Waals surface area contributed by atoms with E-state index in [2.05, 4.69) is 4.74 Å². The van der Waals surface area contributed by atoms with Crippen molar-refractivity contribution in [3.63, 3.8) is 0 Å². The van der Waals surface area contributed by atoms with Crippen LogP contribution in [-0.2, 0) is 19.5 Å². The fourth-order valence-corrected chi connectivity index (χ4v) is 4.29. The van der Waals surface area contributed by atoms with Crippen molar-refractivity contribution >= 4 is 27.6 Å². The topological polar surface area (TPSA) is 72.9 Å². The molecular formula is C14H18ClNO5S. The van der Waals surface area contributed by atoms with Gasteiger partial charge in [0.25, 0.3) is 0 Å². The van der Waals surface area contributed by atoms with Gasteiger partial charge in [0.1, 0.15) is 4.90 Å². The van der Waals surface area contributed by atoms with Gasteiger partial charge in [-0.05, 0) is 31.0 Å². The summed E-state index contributed by atoms with van der Waals surface area (Å²) < 4.78 is 36.7. The SMILES string of the molecule is COCCN(C1CC1)S(=O)(=O)c1cc(C(=O)OC)ccc1Cl. The molecule has 1 aromatic rings. The monoisotopic (exact) mass is 347 g/mol. The zero-order chi connectivity index (χ0) is 16.3. The van der Waals surface area contributed by atoms with E-state index in [4.69, 9.17) is 16.3 Å². The van der Waals surface area contributed by atoms with Crippen LogP contribution >= 0.6 is 11.6 Å². The number of nitrogens with zero attached hydrogens (tertiary/aromatic N) is 1. The fraction of sp³-hybridized carbons (Fsp3) is 0.500. The minimum atomic E-state index is -3.79. The number of carbonyl (C=O) groups is 1. The second-order valence-electron chi connectivity index (χ2n) is 4.98. The molecule has 122 valence electrons. The summed E-state index contributed by atoms with van der Waals surface area (Å²) in [5.74, 6) is -0.608. The molecule has 1 aliphatic rings. The fourth-order valence-electron chi connectivity index (χ4n) is 2.11. The van der Waals surface area contributed by atoms with Crippen LogP contribution in [0, 0.1) is 0 Å². The molecule has 0 aliphatic heterocycles. The summed E-state index contributed by atoms with van der Waals surface area (Å²) in [5.41, 5.74) is 0.146. The molecule has 1 saturated carbocycles. The molecule has 1 aromatic carbocycles. The van der Waals surface area contributed by atoms with Crippen molar-refractivity contribution in [2.24, 2.45) is 0 Å². The van der Waals surface area contributed by atoms with E-state index in [1.807, 2.05) is 0 Å². The van der Waals surface area contributed by atoms with Gasteiger partial charge in [-0.1, -0.05) is 11.6 Å². The van der Waals surface area contributed by atoms with Crippen LogP contribution in [0.1, 0.15) is 23.2 Å². The highest BCUT2D eigenvalue weighted by Crippen LogP contribution is 2.34. The predicted octanol–water partition coefficient (Wildman–Crippen LogP) is 1.93. The maximum atomic E-state index is 12.8. The van der Waals surface area contributed by atoms with Gasteiger partial charge in [-0.3, -0.25) is 0 Å². The number of sulfonamides is 1. The van der Waals surface area contributed by atoms with E-state index in [0.29, 0.717) is 6.61 Å². The van der Waals surface area contributed by atoms with E-state index in [-0.39, 0.29) is 28.1 Å². The van der Waals surface area contributed by atoms with E-state index < -0.39 is 16.0 Å². The largest absolute Gasteiger partial charge is 0.465 e. The van der Waals surface area contributed by atoms with Crippen molar-refractivity contribution in [2.45, 2.75) is 23.8 Å². The molecule has 0 radical (unpaired) electrons. The molecule has 22 heavy (non-hydrogen) atoms. The van der Waals surface area contributed by atoms with E-state index in [0.717, 1.165) is 12.8 Å². The number of ether oxygens (including phenoxy) is 2. The molecule has 0 heterocycles. The van der Waals surface area contributed by atoms with Gasteiger partial charge in [0.05, 0.1) is 24.3 Å². The molecule has 1 aliphatic carbocycles. The maximum Gasteiger partial charge on any atom is 0.337 e. The van der Waals surface area contributed by atoms with Crippen LogP contribution in [0.25, 0.3) is 0 Å². The third-order valence-electron chi connectivity index (χ3n) is 3.41. The Bertz CT molecular complexity index is 657. The third kappa shape index (κ3) is 3.60. The number of benzene rings is 1. The first-order valence-electron chi connectivity index (χ1n) is 6.80. The lowest BCUT2D eigenvalue weighted by Gasteiger charge is -2.22. The van der Waals surface area contributed by atoms with Crippen molar-refractivity contribution < 1.29 is 22.7 Å². The highest BCUT2D eigenvalue weighted by atomic mass is 35.5. The molecule has 0 bridgehead atoms. The first-order valence-corrected chi connectivity index (χ1v) is 8.62. The van der Waals surface area contributed by atoms with Crippen molar-refractivity contribution in [1.29, 1.82) is 0 Å². The average Bonchev–Trinajstić information content (AvgIpc) is 3.31. The number of hydrogen-bond acceptors (Lipinski definition) is 5. The van der Waals surface area contributed by atoms with E-state index in [1.165, 1.54) is 36.7 Å². The van der Waals surface area contributed by atoms with Gasteiger partial charge < -0.3 is 9.47 Å². The Morgan fingerprint density at radius 2 is 2.05 bits per heavy atom. The Balaban J connectivity index is 2.40. The molecule has 8 heteroatoms. The molecule has 6 nitrogen and oxygen atoms in total. The standard InChI is InChI=1S/C14H18ClNO5S/c1-20-8-7-16(11-4-5-11)22(18,19)13-9-10(14(17)21-2)3-6-12(13)15/h3,6,9,11H,4-5,7-8H2,1-2H3. The summed E-state index contributed by atoms with van der Waals surface area (Å²) in [6, 6.07) is 4.05. The van der Waals surface area contributed by atoms with Gasteiger partial charge in [0.15, 0.2) is 0 Å². The molecule has 0 unspecified atom stereocenters. The minimum Gasteiger partial charge on any atom is -0.465 e. The second kappa shape index (κ2) is 6.95. The third-order valence-corrected chi connectivity index (χ3v) is 5.84. The Labute approximate surface area is 135 Å². The van der Waals surface area contributed by atoms with Gasteiger partial charge in [0, 0.05) is 19.7 Å². The first kappa shape index (κ1) is 17.2. The van der Waals surface area contributed by atoms with E-state index >= 15 is 0 Å². The van der Waals surface area contributed by atoms with Crippen molar-refractivity contribution in [2.75, 3.05) is 27.4 Å². The maximum absolute atomic E-state index is 12.8. The lowest BCUT2D eigenvalue weighted by molar-refractivity contribution is 0.0600. The van der Waals surface area contributed by atoms with Crippen LogP contribution in [0.3, 0.4) is 0 Å². The molecule has 0 spiro atoms. The lowest BCUT2D eigenvalue weighted by Crippen LogP contribution is -2.36. The van der Waals surface area contributed by atoms with E-state index in [9.17, 15) is 13.2 Å². The smallest absolute Gasteiger partial charge is 0.337 e. The van der Waals surface area contributed by atoms with Crippen LogP contribution < -0.4 is 0 Å². The molecule has 0 atom stereocenters. The van der Waals surface area contributed by atoms with Gasteiger partial charge >= 0.3 is 5.97 Å². The Hall–Kier alpha value is -1.15.